The van der Waals surface area contributed by atoms with Crippen molar-refractivity contribution < 1.29 is 4.74 Å². The predicted molar refractivity (Wildman–Crippen MR) is 66.6 cm³/mol. The summed E-state index contributed by atoms with van der Waals surface area (Å²) in [7, 11) is 0. The zero-order valence-electron chi connectivity index (χ0n) is 9.82. The first-order chi connectivity index (χ1) is 7.84. The molecule has 90 valence electrons. The molecule has 1 aliphatic rings. The molecule has 2 heterocycles. The zero-order chi connectivity index (χ0) is 11.2. The number of nitrogens with zero attached hydrogens (tertiary/aromatic N) is 1. The molecule has 1 N–H and O–H groups in total. The van der Waals surface area contributed by atoms with Crippen LogP contribution in [0.2, 0.25) is 0 Å². The molecule has 1 fully saturated rings. The van der Waals surface area contributed by atoms with Crippen LogP contribution in [-0.2, 0) is 11.3 Å². The van der Waals surface area contributed by atoms with E-state index in [1.165, 1.54) is 30.6 Å². The molecule has 2 unspecified atom stereocenters. The molecule has 2 rings (SSSR count). The van der Waals surface area contributed by atoms with Gasteiger partial charge in [-0.15, -0.1) is 11.3 Å². The van der Waals surface area contributed by atoms with Gasteiger partial charge in [-0.1, -0.05) is 0 Å². The Bertz CT molecular complexity index is 283. The van der Waals surface area contributed by atoms with Gasteiger partial charge in [-0.05, 0) is 32.6 Å². The molecular weight excluding hydrogens is 220 g/mol. The molecule has 3 nitrogen and oxygen atoms in total. The van der Waals surface area contributed by atoms with E-state index in [0.29, 0.717) is 12.1 Å². The average molecular weight is 240 g/mol. The normalized spacial score (nSPS) is 22.4. The van der Waals surface area contributed by atoms with Gasteiger partial charge in [0.25, 0.3) is 0 Å². The summed E-state index contributed by atoms with van der Waals surface area (Å²) in [5.41, 5.74) is 1.88. The van der Waals surface area contributed by atoms with Crippen LogP contribution in [0.1, 0.15) is 37.5 Å². The highest BCUT2D eigenvalue weighted by Gasteiger charge is 2.16. The molecule has 1 aromatic heterocycles. The molecule has 2 atom stereocenters. The Labute approximate surface area is 101 Å². The van der Waals surface area contributed by atoms with Crippen molar-refractivity contribution in [3.63, 3.8) is 0 Å². The van der Waals surface area contributed by atoms with E-state index in [-0.39, 0.29) is 0 Å². The first-order valence-corrected chi connectivity index (χ1v) is 6.95. The van der Waals surface area contributed by atoms with Crippen LogP contribution in [0.3, 0.4) is 0 Å². The standard InChI is InChI=1S/C12H20N2OS/c1-10(4-5-11-3-2-6-15-11)14-8-12-7-13-9-16-12/h7,9-11,14H,2-6,8H2,1H3. The molecule has 0 saturated carbocycles. The highest BCUT2D eigenvalue weighted by atomic mass is 32.1. The lowest BCUT2D eigenvalue weighted by Gasteiger charge is -2.15. The SMILES string of the molecule is CC(CCC1CCCO1)NCc1cncs1. The molecule has 0 aromatic carbocycles. The third-order valence-electron chi connectivity index (χ3n) is 3.05. The summed E-state index contributed by atoms with van der Waals surface area (Å²) in [6, 6.07) is 0.561. The van der Waals surface area contributed by atoms with Crippen molar-refractivity contribution in [2.24, 2.45) is 0 Å². The molecule has 0 bridgehead atoms. The Morgan fingerprint density at radius 3 is 3.31 bits per heavy atom. The molecule has 0 spiro atoms. The maximum Gasteiger partial charge on any atom is 0.0794 e. The Morgan fingerprint density at radius 1 is 1.69 bits per heavy atom. The fraction of sp³-hybridized carbons (Fsp3) is 0.750. The van der Waals surface area contributed by atoms with E-state index in [9.17, 15) is 0 Å². The van der Waals surface area contributed by atoms with Crippen molar-refractivity contribution in [1.29, 1.82) is 0 Å². The lowest BCUT2D eigenvalue weighted by molar-refractivity contribution is 0.100. The lowest BCUT2D eigenvalue weighted by atomic mass is 10.1. The van der Waals surface area contributed by atoms with Gasteiger partial charge in [0.15, 0.2) is 0 Å². The highest BCUT2D eigenvalue weighted by molar-refractivity contribution is 7.09. The number of nitrogens with one attached hydrogen (secondary N) is 1. The molecule has 0 radical (unpaired) electrons. The van der Waals surface area contributed by atoms with Gasteiger partial charge in [-0.3, -0.25) is 4.98 Å². The van der Waals surface area contributed by atoms with Gasteiger partial charge >= 0.3 is 0 Å². The van der Waals surface area contributed by atoms with Gasteiger partial charge in [-0.25, -0.2) is 0 Å². The van der Waals surface area contributed by atoms with Crippen LogP contribution in [0.15, 0.2) is 11.7 Å². The van der Waals surface area contributed by atoms with Crippen molar-refractivity contribution in [1.82, 2.24) is 10.3 Å². The van der Waals surface area contributed by atoms with E-state index in [4.69, 9.17) is 4.74 Å². The van der Waals surface area contributed by atoms with Crippen LogP contribution >= 0.6 is 11.3 Å². The number of ether oxygens (including phenoxy) is 1. The van der Waals surface area contributed by atoms with Crippen molar-refractivity contribution >= 4 is 11.3 Å². The molecule has 4 heteroatoms. The largest absolute Gasteiger partial charge is 0.378 e. The number of aromatic nitrogens is 1. The predicted octanol–water partition coefficient (Wildman–Crippen LogP) is 2.58. The monoisotopic (exact) mass is 240 g/mol. The van der Waals surface area contributed by atoms with Crippen LogP contribution in [0, 0.1) is 0 Å². The van der Waals surface area contributed by atoms with E-state index >= 15 is 0 Å². The summed E-state index contributed by atoms with van der Waals surface area (Å²) < 4.78 is 5.62. The van der Waals surface area contributed by atoms with E-state index in [1.54, 1.807) is 11.3 Å². The maximum atomic E-state index is 5.62. The Morgan fingerprint density at radius 2 is 2.62 bits per heavy atom. The van der Waals surface area contributed by atoms with E-state index in [2.05, 4.69) is 17.2 Å². The summed E-state index contributed by atoms with van der Waals surface area (Å²) >= 11 is 1.71. The summed E-state index contributed by atoms with van der Waals surface area (Å²) in [6.07, 6.45) is 7.34. The summed E-state index contributed by atoms with van der Waals surface area (Å²) in [5, 5.41) is 3.52. The second-order valence-electron chi connectivity index (χ2n) is 4.46. The van der Waals surface area contributed by atoms with Crippen LogP contribution < -0.4 is 5.32 Å². The molecule has 1 aromatic rings. The summed E-state index contributed by atoms with van der Waals surface area (Å²) in [6.45, 7) is 4.15. The number of thiazole rings is 1. The van der Waals surface area contributed by atoms with Crippen molar-refractivity contribution in [3.05, 3.63) is 16.6 Å². The molecular formula is C12H20N2OS. The van der Waals surface area contributed by atoms with Crippen LogP contribution in [0.25, 0.3) is 0 Å². The summed E-state index contributed by atoms with van der Waals surface area (Å²) in [4.78, 5) is 5.38. The number of hydrogen-bond acceptors (Lipinski definition) is 4. The Balaban J connectivity index is 1.58. The average Bonchev–Trinajstić information content (AvgIpc) is 2.96. The van der Waals surface area contributed by atoms with Crippen LogP contribution in [-0.4, -0.2) is 23.7 Å². The first-order valence-electron chi connectivity index (χ1n) is 6.07. The first kappa shape index (κ1) is 12.0. The highest BCUT2D eigenvalue weighted by Crippen LogP contribution is 2.17. The third-order valence-corrected chi connectivity index (χ3v) is 3.83. The smallest absolute Gasteiger partial charge is 0.0794 e. The fourth-order valence-electron chi connectivity index (χ4n) is 2.01. The van der Waals surface area contributed by atoms with Gasteiger partial charge in [0.2, 0.25) is 0 Å². The molecule has 1 saturated heterocycles. The zero-order valence-corrected chi connectivity index (χ0v) is 10.6. The fourth-order valence-corrected chi connectivity index (χ4v) is 2.56. The van der Waals surface area contributed by atoms with Crippen molar-refractivity contribution in [2.45, 2.75) is 51.3 Å². The Hall–Kier alpha value is -0.450. The second-order valence-corrected chi connectivity index (χ2v) is 5.43. The van der Waals surface area contributed by atoms with Gasteiger partial charge < -0.3 is 10.1 Å². The molecule has 0 amide bonds. The van der Waals surface area contributed by atoms with Gasteiger partial charge in [-0.2, -0.15) is 0 Å². The molecule has 0 aliphatic carbocycles. The van der Waals surface area contributed by atoms with Crippen molar-refractivity contribution in [2.75, 3.05) is 6.61 Å². The number of rotatable bonds is 6. The van der Waals surface area contributed by atoms with Gasteiger partial charge in [0.1, 0.15) is 0 Å². The molecule has 1 aliphatic heterocycles. The van der Waals surface area contributed by atoms with E-state index in [1.807, 2.05) is 11.7 Å². The minimum Gasteiger partial charge on any atom is -0.378 e. The van der Waals surface area contributed by atoms with Crippen LogP contribution in [0.4, 0.5) is 0 Å². The maximum absolute atomic E-state index is 5.62. The van der Waals surface area contributed by atoms with Crippen LogP contribution in [0.5, 0.6) is 0 Å². The van der Waals surface area contributed by atoms with E-state index < -0.39 is 0 Å². The summed E-state index contributed by atoms with van der Waals surface area (Å²) in [5.74, 6) is 0. The Kier molecular flexibility index (Phi) is 4.75. The quantitative estimate of drug-likeness (QED) is 0.830. The topological polar surface area (TPSA) is 34.1 Å². The van der Waals surface area contributed by atoms with Crippen molar-refractivity contribution in [3.8, 4) is 0 Å². The lowest BCUT2D eigenvalue weighted by Crippen LogP contribution is -2.26. The van der Waals surface area contributed by atoms with E-state index in [0.717, 1.165) is 13.2 Å². The van der Waals surface area contributed by atoms with Gasteiger partial charge in [0, 0.05) is 30.3 Å². The number of hydrogen-bond donors (Lipinski definition) is 1. The third kappa shape index (κ3) is 3.85. The molecule has 16 heavy (non-hydrogen) atoms. The minimum atomic E-state index is 0.521. The minimum absolute atomic E-state index is 0.521. The van der Waals surface area contributed by atoms with Gasteiger partial charge in [0.05, 0.1) is 11.6 Å². The second kappa shape index (κ2) is 6.33.